The lowest BCUT2D eigenvalue weighted by atomic mass is 10.2. The summed E-state index contributed by atoms with van der Waals surface area (Å²) in [6.45, 7) is 1.61. The fourth-order valence-corrected chi connectivity index (χ4v) is 2.50. The van der Waals surface area contributed by atoms with Crippen LogP contribution in [-0.4, -0.2) is 24.1 Å². The highest BCUT2D eigenvalue weighted by atomic mass is 32.2. The third-order valence-electron chi connectivity index (χ3n) is 2.45. The summed E-state index contributed by atoms with van der Waals surface area (Å²) in [5.41, 5.74) is 1.51. The third-order valence-corrected chi connectivity index (χ3v) is 4.08. The maximum absolute atomic E-state index is 11.5. The van der Waals surface area contributed by atoms with Crippen LogP contribution in [0.2, 0.25) is 0 Å². The number of aromatic nitrogens is 2. The molecule has 0 atom stereocenters. The second kappa shape index (κ2) is 3.79. The van der Waals surface area contributed by atoms with Gasteiger partial charge in [-0.25, -0.2) is 13.2 Å². The Kier molecular flexibility index (Phi) is 2.59. The summed E-state index contributed by atoms with van der Waals surface area (Å²) >= 11 is 0. The van der Waals surface area contributed by atoms with Crippen molar-refractivity contribution in [1.82, 2.24) is 9.97 Å². The molecule has 0 saturated carbocycles. The number of hydrogen-bond acceptors (Lipinski definition) is 3. The number of H-pyrrole nitrogens is 2. The van der Waals surface area contributed by atoms with Crippen molar-refractivity contribution in [2.75, 3.05) is 5.75 Å². The third kappa shape index (κ3) is 2.01. The van der Waals surface area contributed by atoms with Gasteiger partial charge < -0.3 is 9.97 Å². The van der Waals surface area contributed by atoms with E-state index >= 15 is 0 Å². The Morgan fingerprint density at radius 1 is 1.25 bits per heavy atom. The Morgan fingerprint density at radius 2 is 2.00 bits per heavy atom. The molecule has 0 fully saturated rings. The molecule has 1 aromatic carbocycles. The van der Waals surface area contributed by atoms with Gasteiger partial charge in [0, 0.05) is 5.75 Å². The van der Waals surface area contributed by atoms with E-state index in [2.05, 4.69) is 9.97 Å². The average molecular weight is 240 g/mol. The summed E-state index contributed by atoms with van der Waals surface area (Å²) < 4.78 is 23.0. The Labute approximate surface area is 92.4 Å². The normalized spacial score (nSPS) is 12.1. The van der Waals surface area contributed by atoms with Gasteiger partial charge in [-0.15, -0.1) is 0 Å². The fourth-order valence-electron chi connectivity index (χ4n) is 1.58. The van der Waals surface area contributed by atoms with Gasteiger partial charge in [0.1, 0.15) is 0 Å². The van der Waals surface area contributed by atoms with Crippen LogP contribution in [0.25, 0.3) is 11.0 Å². The topological polar surface area (TPSA) is 82.8 Å². The van der Waals surface area contributed by atoms with Gasteiger partial charge in [0.05, 0.1) is 16.8 Å². The number of sulfone groups is 1. The smallest absolute Gasteiger partial charge is 0.306 e. The zero-order valence-electron chi connectivity index (χ0n) is 8.78. The first kappa shape index (κ1) is 10.9. The van der Waals surface area contributed by atoms with Gasteiger partial charge in [0.2, 0.25) is 0 Å². The highest BCUT2D eigenvalue weighted by Crippen LogP contribution is 2.16. The maximum atomic E-state index is 11.5. The summed E-state index contributed by atoms with van der Waals surface area (Å²) in [4.78, 5) is 16.3. The molecule has 0 bridgehead atoms. The van der Waals surface area contributed by atoms with Crippen molar-refractivity contribution in [3.05, 3.63) is 34.2 Å². The Hall–Kier alpha value is -1.56. The van der Waals surface area contributed by atoms with Gasteiger partial charge in [-0.05, 0) is 11.6 Å². The first-order valence-electron chi connectivity index (χ1n) is 4.92. The van der Waals surface area contributed by atoms with E-state index in [0.717, 1.165) is 0 Å². The number of nitrogens with one attached hydrogen (secondary N) is 2. The van der Waals surface area contributed by atoms with E-state index in [1.54, 1.807) is 25.1 Å². The lowest BCUT2D eigenvalue weighted by Gasteiger charge is -2.02. The Morgan fingerprint density at radius 3 is 2.69 bits per heavy atom. The zero-order chi connectivity index (χ0) is 11.8. The van der Waals surface area contributed by atoms with E-state index < -0.39 is 9.84 Å². The maximum Gasteiger partial charge on any atom is 0.323 e. The van der Waals surface area contributed by atoms with Crippen molar-refractivity contribution < 1.29 is 8.42 Å². The van der Waals surface area contributed by atoms with E-state index in [9.17, 15) is 13.2 Å². The standard InChI is InChI=1S/C10H12N2O3S/c1-2-16(14,15)6-7-4-3-5-8-9(7)12-10(13)11-8/h3-5H,2,6H2,1H3,(H2,11,12,13). The largest absolute Gasteiger partial charge is 0.323 e. The molecule has 0 unspecified atom stereocenters. The second-order valence-electron chi connectivity index (χ2n) is 3.60. The van der Waals surface area contributed by atoms with E-state index in [1.807, 2.05) is 0 Å². The molecule has 0 aliphatic carbocycles. The molecular weight excluding hydrogens is 228 g/mol. The van der Waals surface area contributed by atoms with Crippen molar-refractivity contribution in [3.8, 4) is 0 Å². The quantitative estimate of drug-likeness (QED) is 0.832. The van der Waals surface area contributed by atoms with Gasteiger partial charge in [-0.3, -0.25) is 0 Å². The minimum atomic E-state index is -3.09. The lowest BCUT2D eigenvalue weighted by molar-refractivity contribution is 0.596. The predicted molar refractivity (Wildman–Crippen MR) is 62.1 cm³/mol. The molecule has 5 nitrogen and oxygen atoms in total. The lowest BCUT2D eigenvalue weighted by Crippen LogP contribution is -2.07. The molecular formula is C10H12N2O3S. The minimum Gasteiger partial charge on any atom is -0.306 e. The molecule has 0 amide bonds. The van der Waals surface area contributed by atoms with Crippen LogP contribution in [0.5, 0.6) is 0 Å². The molecule has 0 radical (unpaired) electrons. The molecule has 2 N–H and O–H groups in total. The van der Waals surface area contributed by atoms with Crippen LogP contribution >= 0.6 is 0 Å². The van der Waals surface area contributed by atoms with Crippen molar-refractivity contribution in [2.45, 2.75) is 12.7 Å². The number of benzene rings is 1. The first-order valence-corrected chi connectivity index (χ1v) is 6.74. The number of hydrogen-bond donors (Lipinski definition) is 2. The van der Waals surface area contributed by atoms with Crippen LogP contribution in [0.4, 0.5) is 0 Å². The van der Waals surface area contributed by atoms with Crippen LogP contribution in [0.1, 0.15) is 12.5 Å². The summed E-state index contributed by atoms with van der Waals surface area (Å²) in [6, 6.07) is 5.17. The van der Waals surface area contributed by atoms with Crippen LogP contribution in [-0.2, 0) is 15.6 Å². The van der Waals surface area contributed by atoms with Crippen molar-refractivity contribution in [1.29, 1.82) is 0 Å². The Balaban J connectivity index is 2.57. The van der Waals surface area contributed by atoms with Gasteiger partial charge in [0.25, 0.3) is 0 Å². The van der Waals surface area contributed by atoms with E-state index in [4.69, 9.17) is 0 Å². The molecule has 2 aromatic rings. The van der Waals surface area contributed by atoms with Crippen molar-refractivity contribution >= 4 is 20.9 Å². The molecule has 6 heteroatoms. The van der Waals surface area contributed by atoms with Gasteiger partial charge >= 0.3 is 5.69 Å². The summed E-state index contributed by atoms with van der Waals surface area (Å²) in [7, 11) is -3.09. The molecule has 0 saturated heterocycles. The molecule has 2 rings (SSSR count). The van der Waals surface area contributed by atoms with E-state index in [0.29, 0.717) is 16.6 Å². The monoisotopic (exact) mass is 240 g/mol. The van der Waals surface area contributed by atoms with Crippen LogP contribution < -0.4 is 5.69 Å². The number of imidazole rings is 1. The molecule has 0 aliphatic rings. The summed E-state index contributed by atoms with van der Waals surface area (Å²) in [5.74, 6) is 0.0483. The number of para-hydroxylation sites is 1. The average Bonchev–Trinajstić information content (AvgIpc) is 2.59. The molecule has 1 heterocycles. The van der Waals surface area contributed by atoms with Gasteiger partial charge in [-0.2, -0.15) is 0 Å². The molecule has 86 valence electrons. The van der Waals surface area contributed by atoms with E-state index in [1.165, 1.54) is 0 Å². The SMILES string of the molecule is CCS(=O)(=O)Cc1cccc2[nH]c(=O)[nH]c12. The van der Waals surface area contributed by atoms with Crippen LogP contribution in [0.3, 0.4) is 0 Å². The fraction of sp³-hybridized carbons (Fsp3) is 0.300. The predicted octanol–water partition coefficient (Wildman–Crippen LogP) is 0.791. The first-order chi connectivity index (χ1) is 7.52. The highest BCUT2D eigenvalue weighted by Gasteiger charge is 2.12. The van der Waals surface area contributed by atoms with Crippen LogP contribution in [0, 0.1) is 0 Å². The molecule has 0 spiro atoms. The van der Waals surface area contributed by atoms with Crippen molar-refractivity contribution in [3.63, 3.8) is 0 Å². The highest BCUT2D eigenvalue weighted by molar-refractivity contribution is 7.90. The van der Waals surface area contributed by atoms with Crippen LogP contribution in [0.15, 0.2) is 23.0 Å². The minimum absolute atomic E-state index is 0.0470. The molecule has 1 aromatic heterocycles. The van der Waals surface area contributed by atoms with Crippen molar-refractivity contribution in [2.24, 2.45) is 0 Å². The molecule has 16 heavy (non-hydrogen) atoms. The van der Waals surface area contributed by atoms with Gasteiger partial charge in [-0.1, -0.05) is 19.1 Å². The number of fused-ring (bicyclic) bond motifs is 1. The Bertz CT molecular complexity index is 667. The number of aromatic amines is 2. The zero-order valence-corrected chi connectivity index (χ0v) is 9.60. The number of rotatable bonds is 3. The summed E-state index contributed by atoms with van der Waals surface area (Å²) in [6.07, 6.45) is 0. The second-order valence-corrected chi connectivity index (χ2v) is 5.95. The summed E-state index contributed by atoms with van der Waals surface area (Å²) in [5, 5.41) is 0. The van der Waals surface area contributed by atoms with Gasteiger partial charge in [0.15, 0.2) is 9.84 Å². The van der Waals surface area contributed by atoms with E-state index in [-0.39, 0.29) is 17.2 Å². The molecule has 0 aliphatic heterocycles.